The summed E-state index contributed by atoms with van der Waals surface area (Å²) in [6.45, 7) is 13.9. The molecule has 0 bridgehead atoms. The SMILES string of the molecule is CCC[CH2][Sn](/[CH]=C/C=C/C#C[Si](C)(C)C)([CH2]CCC)[CH2]CCC. The molecule has 0 fully saturated rings. The quantitative estimate of drug-likeness (QED) is 0.179. The van der Waals surface area contributed by atoms with Crippen LogP contribution in [0.15, 0.2) is 22.3 Å². The summed E-state index contributed by atoms with van der Waals surface area (Å²) in [6, 6.07) is 0. The van der Waals surface area contributed by atoms with E-state index >= 15 is 0 Å². The number of unbranched alkanes of at least 4 members (excludes halogenated alkanes) is 3. The van der Waals surface area contributed by atoms with Gasteiger partial charge in [-0.15, -0.1) is 0 Å². The van der Waals surface area contributed by atoms with Gasteiger partial charge in [-0.05, 0) is 0 Å². The Balaban J connectivity index is 4.95. The molecule has 0 aliphatic heterocycles. The average molecular weight is 439 g/mol. The fourth-order valence-electron chi connectivity index (χ4n) is 2.83. The summed E-state index contributed by atoms with van der Waals surface area (Å²) in [5.74, 6) is 3.24. The molecule has 0 aromatic rings. The Morgan fingerprint density at radius 1 is 0.783 bits per heavy atom. The van der Waals surface area contributed by atoms with Gasteiger partial charge >= 0.3 is 152 Å². The maximum atomic E-state index is 3.41. The third-order valence-electron chi connectivity index (χ3n) is 4.27. The van der Waals surface area contributed by atoms with E-state index in [0.29, 0.717) is 0 Å². The van der Waals surface area contributed by atoms with E-state index < -0.39 is 26.5 Å². The second-order valence-electron chi connectivity index (χ2n) is 7.91. The number of rotatable bonds is 11. The molecule has 0 aromatic carbocycles. The van der Waals surface area contributed by atoms with Crippen LogP contribution in [0.3, 0.4) is 0 Å². The molecule has 132 valence electrons. The van der Waals surface area contributed by atoms with Crippen molar-refractivity contribution in [2.45, 2.75) is 92.2 Å². The zero-order chi connectivity index (χ0) is 17.6. The van der Waals surface area contributed by atoms with Gasteiger partial charge in [-0.3, -0.25) is 0 Å². The second-order valence-corrected chi connectivity index (χ2v) is 25.7. The van der Waals surface area contributed by atoms with Gasteiger partial charge in [0, 0.05) is 0 Å². The molecule has 0 saturated carbocycles. The van der Waals surface area contributed by atoms with Gasteiger partial charge in [0.2, 0.25) is 0 Å². The van der Waals surface area contributed by atoms with Crippen molar-refractivity contribution in [3.05, 3.63) is 22.3 Å². The molecular weight excluding hydrogens is 399 g/mol. The Labute approximate surface area is 152 Å². The Hall–Kier alpha value is 0.0556. The maximum absolute atomic E-state index is 3.41. The molecule has 0 heterocycles. The molecule has 0 rings (SSSR count). The van der Waals surface area contributed by atoms with Crippen LogP contribution in [-0.4, -0.2) is 26.5 Å². The fourth-order valence-corrected chi connectivity index (χ4v) is 17.5. The first-order valence-corrected chi connectivity index (χ1v) is 21.0. The van der Waals surface area contributed by atoms with Crippen molar-refractivity contribution < 1.29 is 0 Å². The monoisotopic (exact) mass is 440 g/mol. The van der Waals surface area contributed by atoms with Crippen LogP contribution in [0.5, 0.6) is 0 Å². The fraction of sp³-hybridized carbons (Fsp3) is 0.714. The molecule has 0 aliphatic rings. The number of hydrogen-bond donors (Lipinski definition) is 0. The third kappa shape index (κ3) is 13.1. The summed E-state index contributed by atoms with van der Waals surface area (Å²) in [5.41, 5.74) is 3.41. The van der Waals surface area contributed by atoms with E-state index in [4.69, 9.17) is 0 Å². The normalized spacial score (nSPS) is 12.8. The van der Waals surface area contributed by atoms with Gasteiger partial charge in [0.15, 0.2) is 0 Å². The molecule has 0 amide bonds. The van der Waals surface area contributed by atoms with Crippen molar-refractivity contribution in [1.29, 1.82) is 0 Å². The summed E-state index contributed by atoms with van der Waals surface area (Å²) in [6.07, 6.45) is 15.0. The molecule has 0 radical (unpaired) electrons. The van der Waals surface area contributed by atoms with Crippen LogP contribution in [0.25, 0.3) is 0 Å². The molecule has 0 aliphatic carbocycles. The average Bonchev–Trinajstić information content (AvgIpc) is 2.50. The topological polar surface area (TPSA) is 0 Å². The first-order valence-electron chi connectivity index (χ1n) is 9.76. The Kier molecular flexibility index (Phi) is 13.4. The van der Waals surface area contributed by atoms with Crippen molar-refractivity contribution in [2.24, 2.45) is 0 Å². The molecule has 0 unspecified atom stereocenters. The first kappa shape index (κ1) is 23.1. The summed E-state index contributed by atoms with van der Waals surface area (Å²) in [7, 11) is -1.23. The van der Waals surface area contributed by atoms with E-state index in [1.54, 1.807) is 13.3 Å². The number of hydrogen-bond acceptors (Lipinski definition) is 0. The zero-order valence-electron chi connectivity index (χ0n) is 16.7. The van der Waals surface area contributed by atoms with Crippen LogP contribution in [0, 0.1) is 11.5 Å². The Bertz CT molecular complexity index is 382. The summed E-state index contributed by atoms with van der Waals surface area (Å²) in [4.78, 5) is 0. The summed E-state index contributed by atoms with van der Waals surface area (Å²) >= 11 is -2.07. The van der Waals surface area contributed by atoms with E-state index in [0.717, 1.165) is 0 Å². The molecule has 0 aromatic heterocycles. The summed E-state index contributed by atoms with van der Waals surface area (Å²) in [5, 5.41) is 0. The minimum absolute atomic E-state index is 1.23. The molecule has 0 spiro atoms. The van der Waals surface area contributed by atoms with Gasteiger partial charge in [0.1, 0.15) is 0 Å². The van der Waals surface area contributed by atoms with E-state index in [1.165, 1.54) is 38.5 Å². The van der Waals surface area contributed by atoms with Crippen molar-refractivity contribution in [3.63, 3.8) is 0 Å². The molecule has 0 atom stereocenters. The Morgan fingerprint density at radius 3 is 1.65 bits per heavy atom. The van der Waals surface area contributed by atoms with Crippen LogP contribution >= 0.6 is 0 Å². The van der Waals surface area contributed by atoms with Crippen LogP contribution in [0.4, 0.5) is 0 Å². The van der Waals surface area contributed by atoms with E-state index in [9.17, 15) is 0 Å². The van der Waals surface area contributed by atoms with Crippen molar-refractivity contribution in [2.75, 3.05) is 0 Å². The molecule has 2 heteroatoms. The molecular formula is C21H40SiSn. The van der Waals surface area contributed by atoms with Crippen molar-refractivity contribution in [3.8, 4) is 11.5 Å². The van der Waals surface area contributed by atoms with Gasteiger partial charge in [0.05, 0.1) is 0 Å². The van der Waals surface area contributed by atoms with Crippen molar-refractivity contribution >= 4 is 26.5 Å². The molecule has 23 heavy (non-hydrogen) atoms. The van der Waals surface area contributed by atoms with Gasteiger partial charge in [-0.2, -0.15) is 0 Å². The zero-order valence-corrected chi connectivity index (χ0v) is 20.5. The van der Waals surface area contributed by atoms with E-state index in [1.807, 2.05) is 0 Å². The number of allylic oxidation sites excluding steroid dienone is 3. The van der Waals surface area contributed by atoms with Gasteiger partial charge in [-0.1, -0.05) is 0 Å². The van der Waals surface area contributed by atoms with Crippen LogP contribution in [-0.2, 0) is 0 Å². The minimum atomic E-state index is -2.07. The molecule has 0 N–H and O–H groups in total. The molecule has 0 nitrogen and oxygen atoms in total. The third-order valence-corrected chi connectivity index (χ3v) is 19.3. The first-order chi connectivity index (χ1) is 10.9. The predicted molar refractivity (Wildman–Crippen MR) is 114 cm³/mol. The molecule has 0 saturated heterocycles. The van der Waals surface area contributed by atoms with E-state index in [-0.39, 0.29) is 0 Å². The predicted octanol–water partition coefficient (Wildman–Crippen LogP) is 7.37. The second kappa shape index (κ2) is 13.4. The van der Waals surface area contributed by atoms with Gasteiger partial charge in [-0.25, -0.2) is 0 Å². The van der Waals surface area contributed by atoms with Crippen molar-refractivity contribution in [1.82, 2.24) is 0 Å². The summed E-state index contributed by atoms with van der Waals surface area (Å²) < 4.78 is 7.37. The van der Waals surface area contributed by atoms with Gasteiger partial charge < -0.3 is 0 Å². The van der Waals surface area contributed by atoms with Crippen LogP contribution < -0.4 is 0 Å². The standard InChI is InChI=1S/C9H13Si.3C4H9.Sn/c1-5-6-7-8-9-10(2,3)4;3*1-3-4-2;/h1,5-7H,2-4H3;3*1,3-4H2,2H3;/b5-1?,7-6+;;;;. The van der Waals surface area contributed by atoms with Crippen LogP contribution in [0.2, 0.25) is 33.0 Å². The van der Waals surface area contributed by atoms with Crippen LogP contribution in [0.1, 0.15) is 59.3 Å². The van der Waals surface area contributed by atoms with Gasteiger partial charge in [0.25, 0.3) is 0 Å². The van der Waals surface area contributed by atoms with E-state index in [2.05, 4.69) is 74.2 Å². The Morgan fingerprint density at radius 2 is 1.26 bits per heavy atom.